The first-order chi connectivity index (χ1) is 15.4. The number of pyridine rings is 1. The second-order valence-corrected chi connectivity index (χ2v) is 11.2. The topological polar surface area (TPSA) is 90.3 Å². The zero-order chi connectivity index (χ0) is 24.1. The molecule has 0 radical (unpaired) electrons. The number of sulfonamides is 1. The lowest BCUT2D eigenvalue weighted by molar-refractivity contribution is 0.0603. The third kappa shape index (κ3) is 4.27. The molecule has 2 aromatic heterocycles. The number of aromatic nitrogens is 2. The molecule has 176 valence electrons. The summed E-state index contributed by atoms with van der Waals surface area (Å²) in [6.45, 7) is 6.96. The smallest absolute Gasteiger partial charge is 0.340 e. The van der Waals surface area contributed by atoms with E-state index < -0.39 is 27.3 Å². The Bertz CT molecular complexity index is 1340. The summed E-state index contributed by atoms with van der Waals surface area (Å²) in [4.78, 5) is 17.3. The number of fused-ring (bicyclic) bond motifs is 1. The van der Waals surface area contributed by atoms with Crippen LogP contribution in [-0.4, -0.2) is 36.6 Å². The van der Waals surface area contributed by atoms with E-state index in [1.165, 1.54) is 25.4 Å². The van der Waals surface area contributed by atoms with Gasteiger partial charge in [-0.1, -0.05) is 0 Å². The van der Waals surface area contributed by atoms with Gasteiger partial charge in [0.1, 0.15) is 10.7 Å². The third-order valence-electron chi connectivity index (χ3n) is 5.84. The molecule has 0 saturated heterocycles. The van der Waals surface area contributed by atoms with Crippen molar-refractivity contribution in [3.8, 4) is 11.4 Å². The summed E-state index contributed by atoms with van der Waals surface area (Å²) in [5, 5.41) is 0.458. The van der Waals surface area contributed by atoms with E-state index in [0.29, 0.717) is 22.3 Å². The lowest BCUT2D eigenvalue weighted by atomic mass is 9.92. The fourth-order valence-corrected chi connectivity index (χ4v) is 5.52. The SMILES string of the molecule is COC(=O)c1c(-c2ccc(S(=O)(=O)NC(C)(C)C)cn2)n(C2CCC2)c2cc(C)c(F)cc12. The summed E-state index contributed by atoms with van der Waals surface area (Å²) in [5.41, 5.74) is 1.74. The molecule has 0 amide bonds. The van der Waals surface area contributed by atoms with E-state index in [-0.39, 0.29) is 16.5 Å². The number of methoxy groups -OCH3 is 1. The summed E-state index contributed by atoms with van der Waals surface area (Å²) in [7, 11) is -2.48. The lowest BCUT2D eigenvalue weighted by Crippen LogP contribution is -2.40. The first kappa shape index (κ1) is 23.4. The Kier molecular flexibility index (Phi) is 5.82. The molecule has 9 heteroatoms. The molecule has 1 aromatic carbocycles. The van der Waals surface area contributed by atoms with E-state index in [9.17, 15) is 17.6 Å². The number of rotatable bonds is 5. The first-order valence-electron chi connectivity index (χ1n) is 10.9. The number of hydrogen-bond donors (Lipinski definition) is 1. The highest BCUT2D eigenvalue weighted by molar-refractivity contribution is 7.89. The minimum Gasteiger partial charge on any atom is -0.465 e. The molecule has 0 spiro atoms. The van der Waals surface area contributed by atoms with Crippen molar-refractivity contribution in [2.45, 2.75) is 63.4 Å². The maximum Gasteiger partial charge on any atom is 0.340 e. The number of nitrogens with one attached hydrogen (secondary N) is 1. The van der Waals surface area contributed by atoms with Crippen molar-refractivity contribution >= 4 is 26.9 Å². The summed E-state index contributed by atoms with van der Waals surface area (Å²) < 4.78 is 49.6. The van der Waals surface area contributed by atoms with Crippen LogP contribution in [0.1, 0.15) is 62.0 Å². The van der Waals surface area contributed by atoms with Gasteiger partial charge >= 0.3 is 5.97 Å². The third-order valence-corrected chi connectivity index (χ3v) is 7.59. The maximum absolute atomic E-state index is 14.5. The first-order valence-corrected chi connectivity index (χ1v) is 12.3. The van der Waals surface area contributed by atoms with Crippen LogP contribution in [0.15, 0.2) is 35.4 Å². The van der Waals surface area contributed by atoms with Crippen molar-refractivity contribution in [1.82, 2.24) is 14.3 Å². The van der Waals surface area contributed by atoms with Crippen molar-refractivity contribution in [1.29, 1.82) is 0 Å². The Hall–Kier alpha value is -2.78. The molecular formula is C24H28FN3O4S. The Balaban J connectivity index is 1.94. The molecule has 1 N–H and O–H groups in total. The molecule has 1 saturated carbocycles. The molecule has 0 aliphatic heterocycles. The molecule has 0 bridgehead atoms. The van der Waals surface area contributed by atoms with Gasteiger partial charge in [-0.3, -0.25) is 4.98 Å². The van der Waals surface area contributed by atoms with Gasteiger partial charge in [-0.15, -0.1) is 0 Å². The number of halogens is 1. The number of nitrogens with zero attached hydrogens (tertiary/aromatic N) is 2. The molecule has 1 aliphatic rings. The lowest BCUT2D eigenvalue weighted by Gasteiger charge is -2.30. The van der Waals surface area contributed by atoms with E-state index in [4.69, 9.17) is 4.74 Å². The van der Waals surface area contributed by atoms with E-state index in [1.807, 2.05) is 4.57 Å². The van der Waals surface area contributed by atoms with Gasteiger partial charge in [0.2, 0.25) is 10.0 Å². The fourth-order valence-electron chi connectivity index (χ4n) is 4.16. The van der Waals surface area contributed by atoms with Crippen LogP contribution in [0.25, 0.3) is 22.3 Å². The summed E-state index contributed by atoms with van der Waals surface area (Å²) in [5.74, 6) is -1.00. The summed E-state index contributed by atoms with van der Waals surface area (Å²) in [6.07, 6.45) is 4.19. The molecular weight excluding hydrogens is 445 g/mol. The number of aryl methyl sites for hydroxylation is 1. The average molecular weight is 474 g/mol. The van der Waals surface area contributed by atoms with Crippen LogP contribution in [0.5, 0.6) is 0 Å². The maximum atomic E-state index is 14.5. The minimum atomic E-state index is -3.76. The standard InChI is InChI=1S/C24H28FN3O4S/c1-14-11-20-17(12-18(14)25)21(23(29)32-5)22(28(20)15-7-6-8-15)19-10-9-16(13-26-19)33(30,31)27-24(2,3)4/h9-13,15,27H,6-8H2,1-5H3. The van der Waals surface area contributed by atoms with Crippen molar-refractivity contribution in [2.24, 2.45) is 0 Å². The van der Waals surface area contributed by atoms with Crippen molar-refractivity contribution < 1.29 is 22.3 Å². The largest absolute Gasteiger partial charge is 0.465 e. The highest BCUT2D eigenvalue weighted by Gasteiger charge is 2.32. The van der Waals surface area contributed by atoms with Gasteiger partial charge in [0.15, 0.2) is 0 Å². The molecule has 7 nitrogen and oxygen atoms in total. The Labute approximate surface area is 193 Å². The van der Waals surface area contributed by atoms with Crippen molar-refractivity contribution in [3.63, 3.8) is 0 Å². The normalized spacial score (nSPS) is 15.0. The molecule has 4 rings (SSSR count). The van der Waals surface area contributed by atoms with E-state index in [1.54, 1.807) is 39.8 Å². The molecule has 2 heterocycles. The molecule has 0 unspecified atom stereocenters. The van der Waals surface area contributed by atoms with Gasteiger partial charge in [0, 0.05) is 23.2 Å². The fraction of sp³-hybridized carbons (Fsp3) is 0.417. The predicted molar refractivity (Wildman–Crippen MR) is 124 cm³/mol. The van der Waals surface area contributed by atoms with Crippen molar-refractivity contribution in [3.05, 3.63) is 47.4 Å². The molecule has 1 fully saturated rings. The van der Waals surface area contributed by atoms with Gasteiger partial charge in [-0.2, -0.15) is 0 Å². The quantitative estimate of drug-likeness (QED) is 0.541. The van der Waals surface area contributed by atoms with Crippen LogP contribution >= 0.6 is 0 Å². The van der Waals surface area contributed by atoms with Gasteiger partial charge in [0.25, 0.3) is 0 Å². The van der Waals surface area contributed by atoms with E-state index >= 15 is 0 Å². The summed E-state index contributed by atoms with van der Waals surface area (Å²) in [6, 6.07) is 6.29. The van der Waals surface area contributed by atoms with Crippen molar-refractivity contribution in [2.75, 3.05) is 7.11 Å². The number of carbonyl (C=O) groups is 1. The number of hydrogen-bond acceptors (Lipinski definition) is 5. The minimum absolute atomic E-state index is 0.0222. The van der Waals surface area contributed by atoms with E-state index in [0.717, 1.165) is 24.8 Å². The number of ether oxygens (including phenoxy) is 1. The molecule has 33 heavy (non-hydrogen) atoms. The highest BCUT2D eigenvalue weighted by atomic mass is 32.2. The number of benzene rings is 1. The van der Waals surface area contributed by atoms with Crippen LogP contribution in [-0.2, 0) is 14.8 Å². The van der Waals surface area contributed by atoms with Crippen LogP contribution in [0.2, 0.25) is 0 Å². The van der Waals surface area contributed by atoms with Crippen LogP contribution in [0, 0.1) is 12.7 Å². The van der Waals surface area contributed by atoms with Crippen LogP contribution < -0.4 is 4.72 Å². The second-order valence-electron chi connectivity index (χ2n) is 9.52. The van der Waals surface area contributed by atoms with Crippen LogP contribution in [0.4, 0.5) is 4.39 Å². The predicted octanol–water partition coefficient (Wildman–Crippen LogP) is 4.74. The number of esters is 1. The average Bonchev–Trinajstić information content (AvgIpc) is 2.98. The monoisotopic (exact) mass is 473 g/mol. The Morgan fingerprint density at radius 3 is 2.45 bits per heavy atom. The zero-order valence-electron chi connectivity index (χ0n) is 19.4. The zero-order valence-corrected chi connectivity index (χ0v) is 20.2. The molecule has 3 aromatic rings. The Morgan fingerprint density at radius 2 is 1.94 bits per heavy atom. The number of carbonyl (C=O) groups excluding carboxylic acids is 1. The highest BCUT2D eigenvalue weighted by Crippen LogP contribution is 2.43. The van der Waals surface area contributed by atoms with Gasteiger partial charge < -0.3 is 9.30 Å². The van der Waals surface area contributed by atoms with Gasteiger partial charge in [0.05, 0.1) is 29.6 Å². The Morgan fingerprint density at radius 1 is 1.24 bits per heavy atom. The van der Waals surface area contributed by atoms with E-state index in [2.05, 4.69) is 9.71 Å². The second kappa shape index (κ2) is 8.22. The summed E-state index contributed by atoms with van der Waals surface area (Å²) >= 11 is 0. The van der Waals surface area contributed by atoms with Gasteiger partial charge in [-0.25, -0.2) is 22.3 Å². The molecule has 1 aliphatic carbocycles. The van der Waals surface area contributed by atoms with Gasteiger partial charge in [-0.05, 0) is 76.8 Å². The van der Waals surface area contributed by atoms with Crippen LogP contribution in [0.3, 0.4) is 0 Å². The molecule has 0 atom stereocenters.